The highest BCUT2D eigenvalue weighted by Crippen LogP contribution is 2.35. The van der Waals surface area contributed by atoms with Crippen LogP contribution in [0.2, 0.25) is 0 Å². The number of hydrogen-bond donors (Lipinski definition) is 1. The van der Waals surface area contributed by atoms with Gasteiger partial charge in [0.05, 0.1) is 5.39 Å². The molecular weight excluding hydrogens is 392 g/mol. The number of nitrogen functional groups attached to an aromatic ring is 1. The van der Waals surface area contributed by atoms with Crippen molar-refractivity contribution in [3.05, 3.63) is 54.5 Å². The van der Waals surface area contributed by atoms with Gasteiger partial charge in [-0.15, -0.1) is 0 Å². The van der Waals surface area contributed by atoms with Gasteiger partial charge in [0.25, 0.3) is 0 Å². The summed E-state index contributed by atoms with van der Waals surface area (Å²) in [7, 11) is 1.76. The van der Waals surface area contributed by atoms with E-state index in [1.807, 2.05) is 0 Å². The SMILES string of the molecule is Cn1cc(-c2ccc(Oc3nccc(C(F)(F)F)n3)c(F)c2)c2c(N)ncnc21. The molecular formula is C18H12F4N6O. The molecule has 0 saturated carbocycles. The second-order valence-corrected chi connectivity index (χ2v) is 6.08. The van der Waals surface area contributed by atoms with Crippen LogP contribution in [0.25, 0.3) is 22.2 Å². The highest BCUT2D eigenvalue weighted by atomic mass is 19.4. The number of alkyl halides is 3. The summed E-state index contributed by atoms with van der Waals surface area (Å²) in [4.78, 5) is 15.0. The molecule has 0 aliphatic carbocycles. The largest absolute Gasteiger partial charge is 0.433 e. The van der Waals surface area contributed by atoms with E-state index in [2.05, 4.69) is 19.9 Å². The van der Waals surface area contributed by atoms with E-state index in [-0.39, 0.29) is 11.6 Å². The van der Waals surface area contributed by atoms with Crippen molar-refractivity contribution in [1.82, 2.24) is 24.5 Å². The van der Waals surface area contributed by atoms with E-state index in [1.165, 1.54) is 24.5 Å². The maximum absolute atomic E-state index is 14.6. The number of ether oxygens (including phenoxy) is 1. The molecule has 11 heteroatoms. The number of anilines is 1. The first-order valence-corrected chi connectivity index (χ1v) is 8.17. The molecule has 3 aromatic heterocycles. The van der Waals surface area contributed by atoms with Gasteiger partial charge in [0.2, 0.25) is 0 Å². The fraction of sp³-hybridized carbons (Fsp3) is 0.111. The lowest BCUT2D eigenvalue weighted by atomic mass is 10.1. The normalized spacial score (nSPS) is 11.8. The zero-order valence-corrected chi connectivity index (χ0v) is 14.8. The Morgan fingerprint density at radius 2 is 1.90 bits per heavy atom. The van der Waals surface area contributed by atoms with Gasteiger partial charge in [-0.3, -0.25) is 0 Å². The maximum atomic E-state index is 14.6. The van der Waals surface area contributed by atoms with E-state index < -0.39 is 23.7 Å². The highest BCUT2D eigenvalue weighted by molar-refractivity contribution is 6.00. The van der Waals surface area contributed by atoms with Gasteiger partial charge in [-0.1, -0.05) is 6.07 Å². The Morgan fingerprint density at radius 1 is 1.10 bits per heavy atom. The Bertz CT molecular complexity index is 1220. The van der Waals surface area contributed by atoms with Crippen LogP contribution in [0.5, 0.6) is 11.8 Å². The van der Waals surface area contributed by atoms with E-state index >= 15 is 0 Å². The molecule has 29 heavy (non-hydrogen) atoms. The fourth-order valence-electron chi connectivity index (χ4n) is 2.85. The number of nitrogens with zero attached hydrogens (tertiary/aromatic N) is 5. The summed E-state index contributed by atoms with van der Waals surface area (Å²) in [5.41, 5.74) is 6.38. The lowest BCUT2D eigenvalue weighted by Crippen LogP contribution is -2.09. The van der Waals surface area contributed by atoms with Crippen LogP contribution in [0.4, 0.5) is 23.4 Å². The summed E-state index contributed by atoms with van der Waals surface area (Å²) in [6, 6.07) is 4.05. The fourth-order valence-corrected chi connectivity index (χ4v) is 2.85. The number of hydrogen-bond acceptors (Lipinski definition) is 6. The molecule has 0 amide bonds. The number of nitrogens with two attached hydrogens (primary N) is 1. The molecule has 0 atom stereocenters. The number of fused-ring (bicyclic) bond motifs is 1. The quantitative estimate of drug-likeness (QED) is 0.520. The zero-order valence-electron chi connectivity index (χ0n) is 14.8. The second-order valence-electron chi connectivity index (χ2n) is 6.08. The van der Waals surface area contributed by atoms with Gasteiger partial charge in [-0.05, 0) is 23.8 Å². The van der Waals surface area contributed by atoms with Gasteiger partial charge >= 0.3 is 12.2 Å². The van der Waals surface area contributed by atoms with E-state index in [0.29, 0.717) is 28.2 Å². The molecule has 148 valence electrons. The van der Waals surface area contributed by atoms with Crippen molar-refractivity contribution in [2.75, 3.05) is 5.73 Å². The van der Waals surface area contributed by atoms with Gasteiger partial charge in [0.15, 0.2) is 17.3 Å². The Labute approximate surface area is 160 Å². The molecule has 0 aliphatic heterocycles. The molecule has 0 spiro atoms. The third kappa shape index (κ3) is 3.42. The van der Waals surface area contributed by atoms with Crippen molar-refractivity contribution in [3.63, 3.8) is 0 Å². The van der Waals surface area contributed by atoms with E-state index in [9.17, 15) is 17.6 Å². The van der Waals surface area contributed by atoms with Crippen molar-refractivity contribution < 1.29 is 22.3 Å². The topological polar surface area (TPSA) is 91.7 Å². The third-order valence-electron chi connectivity index (χ3n) is 4.15. The van der Waals surface area contributed by atoms with Crippen LogP contribution in [0.1, 0.15) is 5.69 Å². The van der Waals surface area contributed by atoms with E-state index in [0.717, 1.165) is 6.20 Å². The molecule has 0 fully saturated rings. The van der Waals surface area contributed by atoms with Crippen LogP contribution < -0.4 is 10.5 Å². The number of aryl methyl sites for hydroxylation is 1. The van der Waals surface area contributed by atoms with E-state index in [4.69, 9.17) is 10.5 Å². The van der Waals surface area contributed by atoms with Gasteiger partial charge in [0.1, 0.15) is 17.8 Å². The van der Waals surface area contributed by atoms with Crippen molar-refractivity contribution in [3.8, 4) is 22.9 Å². The molecule has 0 unspecified atom stereocenters. The average molecular weight is 404 g/mol. The molecule has 1 aromatic carbocycles. The number of rotatable bonds is 3. The second kappa shape index (κ2) is 6.69. The number of benzene rings is 1. The Balaban J connectivity index is 1.70. The van der Waals surface area contributed by atoms with Crippen molar-refractivity contribution in [2.45, 2.75) is 6.18 Å². The van der Waals surface area contributed by atoms with Crippen LogP contribution in [-0.2, 0) is 13.2 Å². The van der Waals surface area contributed by atoms with Gasteiger partial charge in [-0.2, -0.15) is 18.2 Å². The molecule has 3 heterocycles. The van der Waals surface area contributed by atoms with Crippen LogP contribution in [0.15, 0.2) is 43.0 Å². The molecule has 0 radical (unpaired) electrons. The maximum Gasteiger partial charge on any atom is 0.433 e. The molecule has 7 nitrogen and oxygen atoms in total. The van der Waals surface area contributed by atoms with Crippen molar-refractivity contribution in [1.29, 1.82) is 0 Å². The van der Waals surface area contributed by atoms with Crippen LogP contribution in [-0.4, -0.2) is 24.5 Å². The monoisotopic (exact) mass is 404 g/mol. The average Bonchev–Trinajstić information content (AvgIpc) is 3.01. The van der Waals surface area contributed by atoms with E-state index in [1.54, 1.807) is 17.8 Å². The van der Waals surface area contributed by atoms with Gasteiger partial charge < -0.3 is 15.0 Å². The first-order valence-electron chi connectivity index (χ1n) is 8.17. The Hall–Kier alpha value is -3.76. The minimum atomic E-state index is -4.67. The highest BCUT2D eigenvalue weighted by Gasteiger charge is 2.33. The van der Waals surface area contributed by atoms with Crippen LogP contribution in [0.3, 0.4) is 0 Å². The Morgan fingerprint density at radius 3 is 2.62 bits per heavy atom. The standard InChI is InChI=1S/C18H12F4N6O/c1-28-7-10(14-15(23)25-8-26-16(14)28)9-2-3-12(11(19)6-9)29-17-24-5-4-13(27-17)18(20,21)22/h2-8H,1H3,(H2,23,25,26). The first-order chi connectivity index (χ1) is 13.7. The summed E-state index contributed by atoms with van der Waals surface area (Å²) in [6.45, 7) is 0. The third-order valence-corrected chi connectivity index (χ3v) is 4.15. The molecule has 0 bridgehead atoms. The summed E-state index contributed by atoms with van der Waals surface area (Å²) in [5, 5.41) is 0.560. The minimum Gasteiger partial charge on any atom is -0.421 e. The van der Waals surface area contributed by atoms with Gasteiger partial charge in [-0.25, -0.2) is 19.3 Å². The van der Waals surface area contributed by atoms with Crippen LogP contribution in [0, 0.1) is 5.82 Å². The summed E-state index contributed by atoms with van der Waals surface area (Å²) in [5.74, 6) is -0.892. The molecule has 4 rings (SSSR count). The lowest BCUT2D eigenvalue weighted by Gasteiger charge is -2.09. The number of aromatic nitrogens is 5. The summed E-state index contributed by atoms with van der Waals surface area (Å²) in [6.07, 6.45) is -0.731. The van der Waals surface area contributed by atoms with Gasteiger partial charge in [0, 0.05) is 25.0 Å². The zero-order chi connectivity index (χ0) is 20.8. The summed E-state index contributed by atoms with van der Waals surface area (Å²) < 4.78 is 59.7. The predicted molar refractivity (Wildman–Crippen MR) is 95.4 cm³/mol. The predicted octanol–water partition coefficient (Wildman–Crippen LogP) is 3.96. The molecule has 2 N–H and O–H groups in total. The molecule has 4 aromatic rings. The van der Waals surface area contributed by atoms with Crippen molar-refractivity contribution >= 4 is 16.9 Å². The van der Waals surface area contributed by atoms with Crippen LogP contribution >= 0.6 is 0 Å². The Kier molecular flexibility index (Phi) is 4.29. The first kappa shape index (κ1) is 18.6. The smallest absolute Gasteiger partial charge is 0.421 e. The number of halogens is 4. The molecule has 0 aliphatic rings. The summed E-state index contributed by atoms with van der Waals surface area (Å²) >= 11 is 0. The minimum absolute atomic E-state index is 0.240. The van der Waals surface area contributed by atoms with Crippen molar-refractivity contribution in [2.24, 2.45) is 7.05 Å². The molecule has 0 saturated heterocycles. The lowest BCUT2D eigenvalue weighted by molar-refractivity contribution is -0.141.